The third kappa shape index (κ3) is 3.23. The summed E-state index contributed by atoms with van der Waals surface area (Å²) in [6.07, 6.45) is 1.70. The van der Waals surface area contributed by atoms with Crippen LogP contribution in [-0.4, -0.2) is 37.0 Å². The van der Waals surface area contributed by atoms with Crippen molar-refractivity contribution < 1.29 is 9.18 Å². The molecule has 9 heteroatoms. The Bertz CT molecular complexity index is 1070. The second-order valence-electron chi connectivity index (χ2n) is 6.73. The van der Waals surface area contributed by atoms with Gasteiger partial charge in [-0.3, -0.25) is 14.2 Å². The van der Waals surface area contributed by atoms with Gasteiger partial charge in [0.25, 0.3) is 5.56 Å². The van der Waals surface area contributed by atoms with Gasteiger partial charge < -0.3 is 5.32 Å². The lowest BCUT2D eigenvalue weighted by atomic mass is 10.2. The first kappa shape index (κ1) is 17.7. The van der Waals surface area contributed by atoms with E-state index in [1.807, 2.05) is 13.8 Å². The molecular formula is C18H18FN5O2S. The van der Waals surface area contributed by atoms with Crippen LogP contribution in [0.3, 0.4) is 0 Å². The summed E-state index contributed by atoms with van der Waals surface area (Å²) in [6.45, 7) is 3.80. The van der Waals surface area contributed by atoms with Crippen LogP contribution in [0.5, 0.6) is 0 Å². The van der Waals surface area contributed by atoms with Gasteiger partial charge in [-0.15, -0.1) is 0 Å². The van der Waals surface area contributed by atoms with E-state index in [0.29, 0.717) is 27.6 Å². The second kappa shape index (κ2) is 6.80. The van der Waals surface area contributed by atoms with Crippen LogP contribution in [0, 0.1) is 5.82 Å². The lowest BCUT2D eigenvalue weighted by molar-refractivity contribution is -0.122. The molecule has 0 saturated carbocycles. The topological polar surface area (TPSA) is 81.8 Å². The molecule has 1 amide bonds. The summed E-state index contributed by atoms with van der Waals surface area (Å²) < 4.78 is 16.3. The minimum absolute atomic E-state index is 0.0531. The van der Waals surface area contributed by atoms with Crippen molar-refractivity contribution in [3.8, 4) is 5.69 Å². The molecule has 1 atom stereocenters. The molecule has 1 N–H and O–H groups in total. The van der Waals surface area contributed by atoms with Crippen LogP contribution in [0.1, 0.15) is 26.3 Å². The van der Waals surface area contributed by atoms with Gasteiger partial charge in [0.1, 0.15) is 11.2 Å². The van der Waals surface area contributed by atoms with E-state index in [2.05, 4.69) is 15.4 Å². The number of hydrogen-bond donors (Lipinski definition) is 1. The summed E-state index contributed by atoms with van der Waals surface area (Å²) in [4.78, 5) is 29.7. The van der Waals surface area contributed by atoms with Crippen molar-refractivity contribution in [1.29, 1.82) is 0 Å². The summed E-state index contributed by atoms with van der Waals surface area (Å²) in [5.41, 5.74) is 0.840. The minimum Gasteiger partial charge on any atom is -0.354 e. The minimum atomic E-state index is -0.345. The van der Waals surface area contributed by atoms with Gasteiger partial charge in [0.2, 0.25) is 5.91 Å². The number of thioether (sulfide) groups is 1. The molecule has 4 rings (SSSR count). The molecule has 0 radical (unpaired) electrons. The first-order valence-electron chi connectivity index (χ1n) is 8.62. The highest BCUT2D eigenvalue weighted by atomic mass is 32.2. The number of carbonyl (C=O) groups excluding carboxylic acids is 1. The molecule has 140 valence electrons. The molecule has 27 heavy (non-hydrogen) atoms. The zero-order chi connectivity index (χ0) is 19.1. The molecule has 1 aliphatic heterocycles. The number of benzene rings is 1. The van der Waals surface area contributed by atoms with Gasteiger partial charge in [-0.2, -0.15) is 5.10 Å². The van der Waals surface area contributed by atoms with Crippen molar-refractivity contribution in [2.24, 2.45) is 0 Å². The number of aromatic nitrogens is 4. The van der Waals surface area contributed by atoms with Crippen LogP contribution in [0.4, 0.5) is 4.39 Å². The highest BCUT2D eigenvalue weighted by molar-refractivity contribution is 7.99. The Morgan fingerprint density at radius 3 is 2.81 bits per heavy atom. The number of nitrogens with one attached hydrogen (secondary N) is 1. The zero-order valence-electron chi connectivity index (χ0n) is 14.8. The van der Waals surface area contributed by atoms with Gasteiger partial charge in [0.05, 0.1) is 17.9 Å². The number of amides is 1. The molecule has 0 bridgehead atoms. The first-order chi connectivity index (χ1) is 12.9. The molecule has 0 unspecified atom stereocenters. The smallest absolute Gasteiger partial charge is 0.265 e. The highest BCUT2D eigenvalue weighted by Gasteiger charge is 2.29. The number of halogens is 1. The lowest BCUT2D eigenvalue weighted by Crippen LogP contribution is -2.34. The number of hydrogen-bond acceptors (Lipinski definition) is 5. The number of carbonyl (C=O) groups is 1. The Hall–Kier alpha value is -2.68. The Labute approximate surface area is 158 Å². The molecule has 2 aromatic heterocycles. The van der Waals surface area contributed by atoms with Gasteiger partial charge in [-0.25, -0.2) is 14.1 Å². The van der Waals surface area contributed by atoms with E-state index in [-0.39, 0.29) is 35.8 Å². The molecule has 0 spiro atoms. The summed E-state index contributed by atoms with van der Waals surface area (Å²) in [5, 5.41) is 8.05. The Morgan fingerprint density at radius 2 is 2.11 bits per heavy atom. The second-order valence-corrected chi connectivity index (χ2v) is 7.72. The van der Waals surface area contributed by atoms with E-state index >= 15 is 0 Å². The Balaban J connectivity index is 1.74. The fourth-order valence-corrected chi connectivity index (χ4v) is 4.28. The standard InChI is InChI=1S/C18H18FN5O2S/c1-10(2)21-15(25)7-13-9-27-18-22-16-14(17(26)23(13)18)8-20-24(16)12-5-3-11(19)4-6-12/h3-6,8,10,13H,7,9H2,1-2H3,(H,21,25)/t13-/m1/s1. The molecule has 1 aliphatic rings. The molecule has 3 heterocycles. The first-order valence-corrected chi connectivity index (χ1v) is 9.61. The molecule has 1 aromatic carbocycles. The molecule has 0 aliphatic carbocycles. The molecule has 3 aromatic rings. The number of rotatable bonds is 4. The molecule has 0 saturated heterocycles. The van der Waals surface area contributed by atoms with Crippen LogP contribution < -0.4 is 10.9 Å². The van der Waals surface area contributed by atoms with Gasteiger partial charge in [-0.1, -0.05) is 11.8 Å². The molecular weight excluding hydrogens is 369 g/mol. The van der Waals surface area contributed by atoms with E-state index < -0.39 is 0 Å². The van der Waals surface area contributed by atoms with E-state index in [0.717, 1.165) is 0 Å². The highest BCUT2D eigenvalue weighted by Crippen LogP contribution is 2.33. The monoisotopic (exact) mass is 387 g/mol. The molecule has 7 nitrogen and oxygen atoms in total. The van der Waals surface area contributed by atoms with Crippen molar-refractivity contribution in [3.63, 3.8) is 0 Å². The lowest BCUT2D eigenvalue weighted by Gasteiger charge is -2.14. The Kier molecular flexibility index (Phi) is 4.47. The van der Waals surface area contributed by atoms with Crippen LogP contribution >= 0.6 is 11.8 Å². The van der Waals surface area contributed by atoms with E-state index in [4.69, 9.17) is 0 Å². The van der Waals surface area contributed by atoms with Crippen molar-refractivity contribution >= 4 is 28.7 Å². The number of nitrogens with zero attached hydrogens (tertiary/aromatic N) is 4. The third-order valence-electron chi connectivity index (χ3n) is 4.31. The van der Waals surface area contributed by atoms with Crippen molar-refractivity contribution in [1.82, 2.24) is 24.6 Å². The average molecular weight is 387 g/mol. The predicted octanol–water partition coefficient (Wildman–Crippen LogP) is 2.28. The zero-order valence-corrected chi connectivity index (χ0v) is 15.7. The fourth-order valence-electron chi connectivity index (χ4n) is 3.15. The summed E-state index contributed by atoms with van der Waals surface area (Å²) in [5.74, 6) is 0.185. The average Bonchev–Trinajstić information content (AvgIpc) is 3.20. The van der Waals surface area contributed by atoms with Crippen LogP contribution in [0.15, 0.2) is 40.4 Å². The third-order valence-corrected chi connectivity index (χ3v) is 5.41. The predicted molar refractivity (Wildman–Crippen MR) is 101 cm³/mol. The quantitative estimate of drug-likeness (QED) is 0.695. The van der Waals surface area contributed by atoms with Crippen molar-refractivity contribution in [2.75, 3.05) is 5.75 Å². The van der Waals surface area contributed by atoms with Crippen LogP contribution in [-0.2, 0) is 4.79 Å². The van der Waals surface area contributed by atoms with Crippen molar-refractivity contribution in [2.45, 2.75) is 37.5 Å². The maximum atomic E-state index is 13.2. The van der Waals surface area contributed by atoms with E-state index in [1.165, 1.54) is 34.8 Å². The van der Waals surface area contributed by atoms with Gasteiger partial charge in [0, 0.05) is 18.2 Å². The summed E-state index contributed by atoms with van der Waals surface area (Å²) >= 11 is 1.45. The SMILES string of the molecule is CC(C)NC(=O)C[C@@H]1CSc2nc3c(cnn3-c3ccc(F)cc3)c(=O)n21. The van der Waals surface area contributed by atoms with Gasteiger partial charge in [-0.05, 0) is 38.1 Å². The van der Waals surface area contributed by atoms with Crippen LogP contribution in [0.2, 0.25) is 0 Å². The normalized spacial score (nSPS) is 16.1. The maximum absolute atomic E-state index is 13.2. The summed E-state index contributed by atoms with van der Waals surface area (Å²) in [7, 11) is 0. The number of fused-ring (bicyclic) bond motifs is 2. The Morgan fingerprint density at radius 1 is 1.37 bits per heavy atom. The van der Waals surface area contributed by atoms with Crippen molar-refractivity contribution in [3.05, 3.63) is 46.6 Å². The largest absolute Gasteiger partial charge is 0.354 e. The van der Waals surface area contributed by atoms with Gasteiger partial charge in [0.15, 0.2) is 10.8 Å². The van der Waals surface area contributed by atoms with E-state index in [1.54, 1.807) is 16.7 Å². The fraction of sp³-hybridized carbons (Fsp3) is 0.333. The maximum Gasteiger partial charge on any atom is 0.265 e. The van der Waals surface area contributed by atoms with Crippen LogP contribution in [0.25, 0.3) is 16.7 Å². The summed E-state index contributed by atoms with van der Waals surface area (Å²) in [6, 6.07) is 5.66. The van der Waals surface area contributed by atoms with E-state index in [9.17, 15) is 14.0 Å². The molecule has 0 fully saturated rings. The van der Waals surface area contributed by atoms with Gasteiger partial charge >= 0.3 is 0 Å².